The molecule has 0 aromatic heterocycles. The lowest BCUT2D eigenvalue weighted by molar-refractivity contribution is 0.434. The van der Waals surface area contributed by atoms with Crippen molar-refractivity contribution in [1.29, 1.82) is 0 Å². The van der Waals surface area contributed by atoms with Gasteiger partial charge in [-0.3, -0.25) is 0 Å². The molecule has 5 aliphatic rings. The van der Waals surface area contributed by atoms with E-state index in [0.717, 1.165) is 29.6 Å². The van der Waals surface area contributed by atoms with E-state index in [1.165, 1.54) is 5.56 Å². The molecule has 0 N–H and O–H groups in total. The Morgan fingerprint density at radius 2 is 1.47 bits per heavy atom. The number of nitrogens with zero attached hydrogens (tertiary/aromatic N) is 2. The van der Waals surface area contributed by atoms with Gasteiger partial charge in [0.25, 0.3) is 0 Å². The minimum absolute atomic E-state index is 0.390. The fourth-order valence-corrected chi connectivity index (χ4v) is 4.31. The van der Waals surface area contributed by atoms with Crippen LogP contribution in [0.5, 0.6) is 0 Å². The summed E-state index contributed by atoms with van der Waals surface area (Å²) >= 11 is 0. The molecule has 7 atom stereocenters. The van der Waals surface area contributed by atoms with E-state index in [9.17, 15) is 0 Å². The lowest BCUT2D eigenvalue weighted by Crippen LogP contribution is -2.13. The standard InChI is InChI=1S/C13H12N2/c1-2-4-6(5-3-1)12-11-9-7-8(9)10(7)13(11)15-14-12/h1-5,7-13H/t7-,8?,9?,10?,11-,12-,13-/m0/s1. The van der Waals surface area contributed by atoms with Gasteiger partial charge in [-0.2, -0.15) is 10.2 Å². The summed E-state index contributed by atoms with van der Waals surface area (Å²) in [7, 11) is 0. The summed E-state index contributed by atoms with van der Waals surface area (Å²) < 4.78 is 0. The van der Waals surface area contributed by atoms with Crippen LogP contribution in [-0.2, 0) is 0 Å². The second-order valence-electron chi connectivity index (χ2n) is 5.46. The Kier molecular flexibility index (Phi) is 0.960. The zero-order chi connectivity index (χ0) is 9.57. The highest BCUT2D eigenvalue weighted by molar-refractivity contribution is 5.37. The van der Waals surface area contributed by atoms with Gasteiger partial charge in [0.15, 0.2) is 0 Å². The highest BCUT2D eigenvalue weighted by atomic mass is 15.2. The molecule has 4 fully saturated rings. The van der Waals surface area contributed by atoms with Gasteiger partial charge in [0.1, 0.15) is 6.04 Å². The van der Waals surface area contributed by atoms with Crippen LogP contribution in [0.25, 0.3) is 0 Å². The third kappa shape index (κ3) is 0.656. The molecule has 2 heteroatoms. The normalized spacial score (nSPS) is 56.4. The maximum absolute atomic E-state index is 4.52. The Hall–Kier alpha value is -1.18. The third-order valence-electron chi connectivity index (χ3n) is 5.00. The lowest BCUT2D eigenvalue weighted by Gasteiger charge is -2.15. The molecule has 1 aliphatic heterocycles. The molecule has 0 radical (unpaired) electrons. The van der Waals surface area contributed by atoms with E-state index in [2.05, 4.69) is 40.6 Å². The molecule has 74 valence electrons. The molecule has 0 saturated heterocycles. The Labute approximate surface area is 88.4 Å². The molecule has 2 bridgehead atoms. The smallest absolute Gasteiger partial charge is 0.101 e. The van der Waals surface area contributed by atoms with Crippen LogP contribution in [0, 0.1) is 29.6 Å². The summed E-state index contributed by atoms with van der Waals surface area (Å²) in [5.41, 5.74) is 1.38. The number of hydrogen-bond acceptors (Lipinski definition) is 2. The molecular weight excluding hydrogens is 184 g/mol. The molecule has 1 aromatic rings. The minimum atomic E-state index is 0.390. The summed E-state index contributed by atoms with van der Waals surface area (Å²) in [6, 6.07) is 11.7. The highest BCUT2D eigenvalue weighted by Gasteiger charge is 2.86. The average molecular weight is 196 g/mol. The van der Waals surface area contributed by atoms with Crippen LogP contribution in [0.3, 0.4) is 0 Å². The largest absolute Gasteiger partial charge is 0.189 e. The Bertz CT molecular complexity index is 457. The van der Waals surface area contributed by atoms with Gasteiger partial charge in [-0.1, -0.05) is 30.3 Å². The molecule has 0 amide bonds. The first-order valence-electron chi connectivity index (χ1n) is 5.92. The Balaban J connectivity index is 1.58. The van der Waals surface area contributed by atoms with Gasteiger partial charge in [-0.25, -0.2) is 0 Å². The van der Waals surface area contributed by atoms with Crippen LogP contribution in [-0.4, -0.2) is 6.04 Å². The van der Waals surface area contributed by atoms with Crippen LogP contribution in [0.2, 0.25) is 0 Å². The predicted molar refractivity (Wildman–Crippen MR) is 55.3 cm³/mol. The Morgan fingerprint density at radius 3 is 2.27 bits per heavy atom. The van der Waals surface area contributed by atoms with Gasteiger partial charge in [0.05, 0.1) is 6.04 Å². The summed E-state index contributed by atoms with van der Waals surface area (Å²) in [6.07, 6.45) is 0. The maximum Gasteiger partial charge on any atom is 0.101 e. The summed E-state index contributed by atoms with van der Waals surface area (Å²) in [5.74, 6) is 4.88. The monoisotopic (exact) mass is 196 g/mol. The molecule has 1 heterocycles. The maximum atomic E-state index is 4.52. The zero-order valence-electron chi connectivity index (χ0n) is 8.32. The van der Waals surface area contributed by atoms with Crippen molar-refractivity contribution in [3.63, 3.8) is 0 Å². The van der Waals surface area contributed by atoms with Crippen molar-refractivity contribution in [2.75, 3.05) is 0 Å². The van der Waals surface area contributed by atoms with Crippen molar-refractivity contribution in [3.8, 4) is 0 Å². The van der Waals surface area contributed by atoms with Crippen LogP contribution < -0.4 is 0 Å². The quantitative estimate of drug-likeness (QED) is 0.659. The van der Waals surface area contributed by atoms with Gasteiger partial charge in [-0.15, -0.1) is 0 Å². The van der Waals surface area contributed by atoms with E-state index in [0.29, 0.717) is 12.1 Å². The van der Waals surface area contributed by atoms with Crippen LogP contribution in [0.15, 0.2) is 40.6 Å². The van der Waals surface area contributed by atoms with Gasteiger partial charge in [0.2, 0.25) is 0 Å². The van der Waals surface area contributed by atoms with Gasteiger partial charge in [-0.05, 0) is 29.2 Å². The lowest BCUT2D eigenvalue weighted by atomic mass is 9.90. The fourth-order valence-electron chi connectivity index (χ4n) is 4.31. The van der Waals surface area contributed by atoms with E-state index < -0.39 is 0 Å². The first-order valence-corrected chi connectivity index (χ1v) is 5.92. The number of benzene rings is 1. The zero-order valence-corrected chi connectivity index (χ0v) is 8.32. The molecule has 0 spiro atoms. The van der Waals surface area contributed by atoms with Gasteiger partial charge in [0, 0.05) is 5.92 Å². The highest BCUT2D eigenvalue weighted by Crippen LogP contribution is 2.86. The first-order chi connectivity index (χ1) is 7.47. The molecule has 2 nitrogen and oxygen atoms in total. The second kappa shape index (κ2) is 2.01. The van der Waals surface area contributed by atoms with E-state index in [1.54, 1.807) is 0 Å². The van der Waals surface area contributed by atoms with E-state index in [-0.39, 0.29) is 0 Å². The second-order valence-corrected chi connectivity index (χ2v) is 5.46. The third-order valence-corrected chi connectivity index (χ3v) is 5.00. The van der Waals surface area contributed by atoms with Crippen molar-refractivity contribution >= 4 is 0 Å². The minimum Gasteiger partial charge on any atom is -0.189 e. The summed E-state index contributed by atoms with van der Waals surface area (Å²) in [6.45, 7) is 0. The molecule has 4 saturated carbocycles. The molecule has 4 aliphatic carbocycles. The summed E-state index contributed by atoms with van der Waals surface area (Å²) in [5, 5.41) is 9.03. The van der Waals surface area contributed by atoms with Crippen molar-refractivity contribution < 1.29 is 0 Å². The van der Waals surface area contributed by atoms with E-state index >= 15 is 0 Å². The van der Waals surface area contributed by atoms with Crippen molar-refractivity contribution in [1.82, 2.24) is 0 Å². The van der Waals surface area contributed by atoms with Crippen LogP contribution in [0.1, 0.15) is 11.6 Å². The van der Waals surface area contributed by atoms with Crippen molar-refractivity contribution in [2.24, 2.45) is 39.8 Å². The number of rotatable bonds is 1. The topological polar surface area (TPSA) is 24.7 Å². The van der Waals surface area contributed by atoms with Crippen molar-refractivity contribution in [3.05, 3.63) is 35.9 Å². The molecule has 3 unspecified atom stereocenters. The molecular formula is C13H12N2. The van der Waals surface area contributed by atoms with E-state index in [4.69, 9.17) is 0 Å². The summed E-state index contributed by atoms with van der Waals surface area (Å²) in [4.78, 5) is 0. The van der Waals surface area contributed by atoms with Crippen LogP contribution in [0.4, 0.5) is 0 Å². The van der Waals surface area contributed by atoms with Crippen LogP contribution >= 0.6 is 0 Å². The predicted octanol–water partition coefficient (Wildman–Crippen LogP) is 2.68. The van der Waals surface area contributed by atoms with Gasteiger partial charge >= 0.3 is 0 Å². The Morgan fingerprint density at radius 1 is 0.733 bits per heavy atom. The first kappa shape index (κ1) is 7.15. The molecule has 6 rings (SSSR count). The molecule has 1 aromatic carbocycles. The van der Waals surface area contributed by atoms with Gasteiger partial charge < -0.3 is 0 Å². The number of hydrogen-bond donors (Lipinski definition) is 0. The SMILES string of the molecule is c1ccc([C@@H]2N=N[C@H]3C4C5C([C@H]54)[C@@H]23)cc1. The van der Waals surface area contributed by atoms with Crippen molar-refractivity contribution in [2.45, 2.75) is 12.1 Å². The fraction of sp³-hybridized carbons (Fsp3) is 0.538. The number of azo groups is 1. The average Bonchev–Trinajstić information content (AvgIpc) is 3.01. The van der Waals surface area contributed by atoms with E-state index in [1.807, 2.05) is 0 Å². The molecule has 15 heavy (non-hydrogen) atoms.